The molecule has 0 aromatic heterocycles. The maximum atomic E-state index is 12.3. The van der Waals surface area contributed by atoms with Crippen molar-refractivity contribution >= 4 is 15.9 Å². The number of carbonyl (C=O) groups excluding carboxylic acids is 1. The van der Waals surface area contributed by atoms with Crippen LogP contribution in [-0.2, 0) is 16.4 Å². The molecule has 0 spiro atoms. The zero-order valence-corrected chi connectivity index (χ0v) is 17.3. The van der Waals surface area contributed by atoms with Crippen molar-refractivity contribution in [1.82, 2.24) is 10.0 Å². The Kier molecular flexibility index (Phi) is 7.42. The Bertz CT molecular complexity index is 909. The molecule has 0 fully saturated rings. The molecule has 0 aliphatic rings. The highest BCUT2D eigenvalue weighted by atomic mass is 32.2. The van der Waals surface area contributed by atoms with E-state index in [2.05, 4.69) is 10.0 Å². The number of methoxy groups -OCH3 is 2. The first kappa shape index (κ1) is 21.7. The fraction of sp³-hybridized carbons (Fsp3) is 0.350. The summed E-state index contributed by atoms with van der Waals surface area (Å²) in [6, 6.07) is 11.2. The first-order valence-electron chi connectivity index (χ1n) is 8.88. The van der Waals surface area contributed by atoms with Gasteiger partial charge in [0.05, 0.1) is 19.1 Å². The van der Waals surface area contributed by atoms with E-state index in [-0.39, 0.29) is 16.8 Å². The summed E-state index contributed by atoms with van der Waals surface area (Å²) < 4.78 is 37.2. The van der Waals surface area contributed by atoms with Crippen LogP contribution in [0, 0.1) is 0 Å². The first-order valence-corrected chi connectivity index (χ1v) is 10.4. The van der Waals surface area contributed by atoms with Crippen LogP contribution in [-0.4, -0.2) is 41.1 Å². The molecule has 2 N–H and O–H groups in total. The van der Waals surface area contributed by atoms with E-state index in [4.69, 9.17) is 9.47 Å². The van der Waals surface area contributed by atoms with E-state index >= 15 is 0 Å². The molecule has 8 heteroatoms. The van der Waals surface area contributed by atoms with Crippen LogP contribution in [0.3, 0.4) is 0 Å². The molecular weight excluding hydrogens is 380 g/mol. The molecule has 152 valence electrons. The van der Waals surface area contributed by atoms with E-state index in [1.165, 1.54) is 24.3 Å². The van der Waals surface area contributed by atoms with Crippen LogP contribution in [0.1, 0.15) is 29.8 Å². The van der Waals surface area contributed by atoms with Gasteiger partial charge in [-0.3, -0.25) is 4.79 Å². The van der Waals surface area contributed by atoms with Crippen molar-refractivity contribution in [3.8, 4) is 11.5 Å². The van der Waals surface area contributed by atoms with E-state index in [1.54, 1.807) is 28.1 Å². The molecule has 28 heavy (non-hydrogen) atoms. The molecule has 0 unspecified atom stereocenters. The van der Waals surface area contributed by atoms with Crippen molar-refractivity contribution in [2.24, 2.45) is 0 Å². The standard InChI is InChI=1S/C20H26N2O5S/c1-14(2)22-28(24,25)17-8-6-16(7-9-17)20(23)21-12-11-15-5-10-18(26-3)19(13-15)27-4/h5-10,13-14,22H,11-12H2,1-4H3,(H,21,23). The first-order chi connectivity index (χ1) is 13.3. The average Bonchev–Trinajstić information content (AvgIpc) is 2.66. The van der Waals surface area contributed by atoms with E-state index in [1.807, 2.05) is 18.2 Å². The van der Waals surface area contributed by atoms with Crippen LogP contribution >= 0.6 is 0 Å². The number of rotatable bonds is 9. The zero-order valence-electron chi connectivity index (χ0n) is 16.5. The molecule has 0 radical (unpaired) electrons. The second-order valence-electron chi connectivity index (χ2n) is 6.50. The minimum Gasteiger partial charge on any atom is -0.493 e. The van der Waals surface area contributed by atoms with E-state index in [9.17, 15) is 13.2 Å². The molecule has 2 aromatic rings. The topological polar surface area (TPSA) is 93.7 Å². The maximum absolute atomic E-state index is 12.3. The van der Waals surface area contributed by atoms with Gasteiger partial charge in [-0.05, 0) is 62.2 Å². The van der Waals surface area contributed by atoms with Crippen molar-refractivity contribution in [2.75, 3.05) is 20.8 Å². The van der Waals surface area contributed by atoms with E-state index in [0.717, 1.165) is 5.56 Å². The van der Waals surface area contributed by atoms with Crippen LogP contribution in [0.5, 0.6) is 11.5 Å². The Balaban J connectivity index is 1.95. The Morgan fingerprint density at radius 3 is 2.21 bits per heavy atom. The van der Waals surface area contributed by atoms with Crippen LogP contribution in [0.15, 0.2) is 47.4 Å². The second-order valence-corrected chi connectivity index (χ2v) is 8.21. The fourth-order valence-electron chi connectivity index (χ4n) is 2.62. The molecular formula is C20H26N2O5S. The van der Waals surface area contributed by atoms with Crippen LogP contribution in [0.4, 0.5) is 0 Å². The zero-order chi connectivity index (χ0) is 20.7. The Morgan fingerprint density at radius 2 is 1.64 bits per heavy atom. The van der Waals surface area contributed by atoms with E-state index in [0.29, 0.717) is 30.0 Å². The number of carbonyl (C=O) groups is 1. The highest BCUT2D eigenvalue weighted by Crippen LogP contribution is 2.27. The fourth-order valence-corrected chi connectivity index (χ4v) is 3.87. The predicted octanol–water partition coefficient (Wildman–Crippen LogP) is 2.36. The number of hydrogen-bond donors (Lipinski definition) is 2. The van der Waals surface area contributed by atoms with Gasteiger partial charge in [0, 0.05) is 18.2 Å². The number of amides is 1. The summed E-state index contributed by atoms with van der Waals surface area (Å²) in [5, 5.41) is 2.83. The third kappa shape index (κ3) is 5.71. The summed E-state index contributed by atoms with van der Waals surface area (Å²) in [6.45, 7) is 3.93. The van der Waals surface area contributed by atoms with Crippen molar-refractivity contribution in [3.63, 3.8) is 0 Å². The summed E-state index contributed by atoms with van der Waals surface area (Å²) in [4.78, 5) is 12.4. The third-order valence-electron chi connectivity index (χ3n) is 3.96. The lowest BCUT2D eigenvalue weighted by atomic mass is 10.1. The molecule has 0 atom stereocenters. The SMILES string of the molecule is COc1ccc(CCNC(=O)c2ccc(S(=O)(=O)NC(C)C)cc2)cc1OC. The van der Waals surface area contributed by atoms with Crippen molar-refractivity contribution in [1.29, 1.82) is 0 Å². The van der Waals surface area contributed by atoms with E-state index < -0.39 is 10.0 Å². The molecule has 0 aliphatic heterocycles. The largest absolute Gasteiger partial charge is 0.493 e. The number of ether oxygens (including phenoxy) is 2. The Morgan fingerprint density at radius 1 is 1.00 bits per heavy atom. The predicted molar refractivity (Wildman–Crippen MR) is 107 cm³/mol. The molecule has 0 saturated heterocycles. The van der Waals surface area contributed by atoms with Gasteiger partial charge < -0.3 is 14.8 Å². The quantitative estimate of drug-likeness (QED) is 0.667. The monoisotopic (exact) mass is 406 g/mol. The summed E-state index contributed by atoms with van der Waals surface area (Å²) >= 11 is 0. The third-order valence-corrected chi connectivity index (χ3v) is 5.64. The molecule has 2 aromatic carbocycles. The van der Waals surface area contributed by atoms with Crippen LogP contribution in [0.2, 0.25) is 0 Å². The molecule has 7 nitrogen and oxygen atoms in total. The summed E-state index contributed by atoms with van der Waals surface area (Å²) in [5.74, 6) is 1.02. The molecule has 0 aliphatic carbocycles. The Hall–Kier alpha value is -2.58. The van der Waals surface area contributed by atoms with Gasteiger partial charge in [-0.1, -0.05) is 6.07 Å². The van der Waals surface area contributed by atoms with Gasteiger partial charge in [0.1, 0.15) is 0 Å². The van der Waals surface area contributed by atoms with Gasteiger partial charge in [-0.15, -0.1) is 0 Å². The summed E-state index contributed by atoms with van der Waals surface area (Å²) in [6.07, 6.45) is 0.622. The lowest BCUT2D eigenvalue weighted by Crippen LogP contribution is -2.30. The number of nitrogens with one attached hydrogen (secondary N) is 2. The highest BCUT2D eigenvalue weighted by Gasteiger charge is 2.16. The summed E-state index contributed by atoms with van der Waals surface area (Å²) in [7, 11) is -0.421. The van der Waals surface area contributed by atoms with Gasteiger partial charge in [-0.2, -0.15) is 0 Å². The molecule has 0 heterocycles. The smallest absolute Gasteiger partial charge is 0.251 e. The summed E-state index contributed by atoms with van der Waals surface area (Å²) in [5.41, 5.74) is 1.40. The lowest BCUT2D eigenvalue weighted by molar-refractivity contribution is 0.0954. The number of benzene rings is 2. The minimum atomic E-state index is -3.57. The average molecular weight is 407 g/mol. The van der Waals surface area contributed by atoms with Crippen LogP contribution in [0.25, 0.3) is 0 Å². The molecule has 0 bridgehead atoms. The van der Waals surface area contributed by atoms with Crippen molar-refractivity contribution < 1.29 is 22.7 Å². The number of hydrogen-bond acceptors (Lipinski definition) is 5. The molecule has 0 saturated carbocycles. The van der Waals surface area contributed by atoms with Crippen molar-refractivity contribution in [2.45, 2.75) is 31.2 Å². The van der Waals surface area contributed by atoms with Gasteiger partial charge in [0.2, 0.25) is 10.0 Å². The van der Waals surface area contributed by atoms with Gasteiger partial charge in [0.15, 0.2) is 11.5 Å². The highest BCUT2D eigenvalue weighted by molar-refractivity contribution is 7.89. The van der Waals surface area contributed by atoms with Gasteiger partial charge in [0.25, 0.3) is 5.91 Å². The van der Waals surface area contributed by atoms with Crippen molar-refractivity contribution in [3.05, 3.63) is 53.6 Å². The lowest BCUT2D eigenvalue weighted by Gasteiger charge is -2.11. The Labute approximate surface area is 166 Å². The molecule has 2 rings (SSSR count). The normalized spacial score (nSPS) is 11.3. The minimum absolute atomic E-state index is 0.128. The number of sulfonamides is 1. The van der Waals surface area contributed by atoms with Gasteiger partial charge >= 0.3 is 0 Å². The maximum Gasteiger partial charge on any atom is 0.251 e. The van der Waals surface area contributed by atoms with Crippen LogP contribution < -0.4 is 19.5 Å². The van der Waals surface area contributed by atoms with Gasteiger partial charge in [-0.25, -0.2) is 13.1 Å². The molecule has 1 amide bonds. The second kappa shape index (κ2) is 9.57.